The first-order valence-corrected chi connectivity index (χ1v) is 11.3. The van der Waals surface area contributed by atoms with E-state index in [0.717, 1.165) is 44.4 Å². The van der Waals surface area contributed by atoms with Gasteiger partial charge in [-0.25, -0.2) is 4.98 Å². The molecule has 3 heterocycles. The van der Waals surface area contributed by atoms with Gasteiger partial charge in [-0.15, -0.1) is 17.9 Å². The van der Waals surface area contributed by atoms with E-state index in [0.29, 0.717) is 13.2 Å². The van der Waals surface area contributed by atoms with Gasteiger partial charge < -0.3 is 4.74 Å². The summed E-state index contributed by atoms with van der Waals surface area (Å²) in [6.45, 7) is 9.14. The normalized spacial score (nSPS) is 15.5. The van der Waals surface area contributed by atoms with Crippen molar-refractivity contribution in [2.75, 3.05) is 5.75 Å². The van der Waals surface area contributed by atoms with Crippen LogP contribution >= 0.6 is 23.1 Å². The van der Waals surface area contributed by atoms with Gasteiger partial charge in [0.25, 0.3) is 5.56 Å². The molecule has 0 bridgehead atoms. The Balaban J connectivity index is 1.80. The van der Waals surface area contributed by atoms with Crippen LogP contribution in [0.3, 0.4) is 0 Å². The van der Waals surface area contributed by atoms with E-state index in [4.69, 9.17) is 9.72 Å². The molecule has 4 nitrogen and oxygen atoms in total. The first-order chi connectivity index (χ1) is 13.5. The lowest BCUT2D eigenvalue weighted by atomic mass is 9.94. The van der Waals surface area contributed by atoms with E-state index >= 15 is 0 Å². The van der Waals surface area contributed by atoms with Crippen LogP contribution < -0.4 is 5.56 Å². The number of hydrogen-bond donors (Lipinski definition) is 0. The van der Waals surface area contributed by atoms with E-state index in [-0.39, 0.29) is 11.2 Å². The molecule has 28 heavy (non-hydrogen) atoms. The highest BCUT2D eigenvalue weighted by atomic mass is 32.2. The summed E-state index contributed by atoms with van der Waals surface area (Å²) in [7, 11) is 0. The van der Waals surface area contributed by atoms with Crippen LogP contribution in [0.2, 0.25) is 0 Å². The molecular weight excluding hydrogens is 388 g/mol. The fourth-order valence-corrected chi connectivity index (χ4v) is 5.44. The molecule has 6 heteroatoms. The van der Waals surface area contributed by atoms with Gasteiger partial charge in [0.15, 0.2) is 5.16 Å². The maximum Gasteiger partial charge on any atom is 0.263 e. The maximum atomic E-state index is 13.5. The monoisotopic (exact) mass is 412 g/mol. The zero-order valence-electron chi connectivity index (χ0n) is 16.2. The van der Waals surface area contributed by atoms with Gasteiger partial charge in [0.05, 0.1) is 17.6 Å². The Bertz CT molecular complexity index is 1070. The molecule has 1 aliphatic rings. The number of rotatable bonds is 6. The lowest BCUT2D eigenvalue weighted by Crippen LogP contribution is -2.32. The average molecular weight is 413 g/mol. The molecule has 0 N–H and O–H groups in total. The van der Waals surface area contributed by atoms with Crippen molar-refractivity contribution in [3.8, 4) is 0 Å². The number of aryl methyl sites for hydroxylation is 1. The molecule has 1 aliphatic heterocycles. The number of nitrogens with zero attached hydrogens (tertiary/aromatic N) is 2. The molecule has 0 fully saturated rings. The zero-order chi connectivity index (χ0) is 19.7. The third-order valence-electron chi connectivity index (χ3n) is 4.95. The van der Waals surface area contributed by atoms with Crippen molar-refractivity contribution in [2.24, 2.45) is 0 Å². The molecule has 0 saturated carbocycles. The third-order valence-corrected chi connectivity index (χ3v) is 7.02. The lowest BCUT2D eigenvalue weighted by Gasteiger charge is -2.29. The fraction of sp³-hybridized carbons (Fsp3) is 0.364. The number of thiophene rings is 1. The number of benzene rings is 1. The van der Waals surface area contributed by atoms with Crippen molar-refractivity contribution >= 4 is 33.3 Å². The summed E-state index contributed by atoms with van der Waals surface area (Å²) in [6, 6.07) is 10.3. The van der Waals surface area contributed by atoms with Crippen LogP contribution in [0, 0.1) is 0 Å². The van der Waals surface area contributed by atoms with Crippen LogP contribution in [0.15, 0.2) is 52.9 Å². The Kier molecular flexibility index (Phi) is 5.45. The second-order valence-corrected chi connectivity index (χ2v) is 9.67. The van der Waals surface area contributed by atoms with E-state index in [1.807, 2.05) is 28.8 Å². The Morgan fingerprint density at radius 2 is 2.14 bits per heavy atom. The van der Waals surface area contributed by atoms with Gasteiger partial charge >= 0.3 is 0 Å². The topological polar surface area (TPSA) is 44.1 Å². The summed E-state index contributed by atoms with van der Waals surface area (Å²) in [5, 5.41) is 1.56. The minimum absolute atomic E-state index is 0.0719. The quantitative estimate of drug-likeness (QED) is 0.330. The smallest absolute Gasteiger partial charge is 0.263 e. The number of hydrogen-bond acceptors (Lipinski definition) is 5. The van der Waals surface area contributed by atoms with Crippen LogP contribution in [0.4, 0.5) is 0 Å². The highest BCUT2D eigenvalue weighted by molar-refractivity contribution is 7.99. The predicted molar refractivity (Wildman–Crippen MR) is 118 cm³/mol. The summed E-state index contributed by atoms with van der Waals surface area (Å²) in [5.74, 6) is 0.727. The van der Waals surface area contributed by atoms with Crippen molar-refractivity contribution in [3.63, 3.8) is 0 Å². The van der Waals surface area contributed by atoms with Crippen LogP contribution in [0.25, 0.3) is 10.2 Å². The summed E-state index contributed by atoms with van der Waals surface area (Å²) in [5.41, 5.74) is 2.17. The number of fused-ring (bicyclic) bond motifs is 3. The van der Waals surface area contributed by atoms with Gasteiger partial charge in [-0.2, -0.15) is 0 Å². The van der Waals surface area contributed by atoms with Crippen LogP contribution in [-0.4, -0.2) is 20.9 Å². The number of aromatic nitrogens is 2. The van der Waals surface area contributed by atoms with Crippen molar-refractivity contribution < 1.29 is 4.74 Å². The van der Waals surface area contributed by atoms with Gasteiger partial charge in [0, 0.05) is 23.6 Å². The molecule has 4 rings (SSSR count). The Morgan fingerprint density at radius 3 is 2.89 bits per heavy atom. The molecule has 0 atom stereocenters. The van der Waals surface area contributed by atoms with Gasteiger partial charge in [-0.05, 0) is 31.4 Å². The molecule has 146 valence electrons. The highest BCUT2D eigenvalue weighted by Crippen LogP contribution is 2.37. The van der Waals surface area contributed by atoms with Gasteiger partial charge in [0.1, 0.15) is 4.83 Å². The van der Waals surface area contributed by atoms with Crippen molar-refractivity contribution in [3.05, 3.63) is 69.3 Å². The molecule has 0 saturated heterocycles. The molecule has 3 aromatic rings. The number of ether oxygens (including phenoxy) is 1. The van der Waals surface area contributed by atoms with E-state index < -0.39 is 0 Å². The minimum atomic E-state index is -0.251. The first kappa shape index (κ1) is 19.4. The minimum Gasteiger partial charge on any atom is -0.370 e. The van der Waals surface area contributed by atoms with Crippen LogP contribution in [0.5, 0.6) is 0 Å². The zero-order valence-corrected chi connectivity index (χ0v) is 17.9. The molecule has 0 unspecified atom stereocenters. The van der Waals surface area contributed by atoms with E-state index in [1.165, 1.54) is 5.56 Å². The second kappa shape index (κ2) is 7.85. The summed E-state index contributed by atoms with van der Waals surface area (Å²) >= 11 is 3.16. The summed E-state index contributed by atoms with van der Waals surface area (Å²) in [4.78, 5) is 20.4. The Morgan fingerprint density at radius 1 is 1.36 bits per heavy atom. The molecule has 0 amide bonds. The van der Waals surface area contributed by atoms with Crippen molar-refractivity contribution in [1.82, 2.24) is 9.55 Å². The molecule has 0 radical (unpaired) electrons. The summed E-state index contributed by atoms with van der Waals surface area (Å²) < 4.78 is 7.79. The van der Waals surface area contributed by atoms with Gasteiger partial charge in [-0.1, -0.05) is 48.2 Å². The predicted octanol–water partition coefficient (Wildman–Crippen LogP) is 4.83. The largest absolute Gasteiger partial charge is 0.370 e. The standard InChI is InChI=1S/C22H24N2O2S2/c1-4-12-27-21-23-19-18(16-13-22(2,3)26-14-17(16)28-19)20(25)24(21)11-10-15-8-6-5-7-9-15/h4-9H,1,10-14H2,2-3H3. The van der Waals surface area contributed by atoms with Gasteiger partial charge in [0.2, 0.25) is 0 Å². The van der Waals surface area contributed by atoms with Crippen molar-refractivity contribution in [2.45, 2.75) is 50.6 Å². The Hall–Kier alpha value is -1.89. The van der Waals surface area contributed by atoms with E-state index in [9.17, 15) is 4.79 Å². The lowest BCUT2D eigenvalue weighted by molar-refractivity contribution is -0.0379. The summed E-state index contributed by atoms with van der Waals surface area (Å²) in [6.07, 6.45) is 3.39. The molecule has 2 aromatic heterocycles. The van der Waals surface area contributed by atoms with Crippen LogP contribution in [-0.2, 0) is 30.7 Å². The highest BCUT2D eigenvalue weighted by Gasteiger charge is 2.31. The second-order valence-electron chi connectivity index (χ2n) is 7.60. The molecule has 0 spiro atoms. The third kappa shape index (κ3) is 3.81. The van der Waals surface area contributed by atoms with Gasteiger partial charge in [-0.3, -0.25) is 9.36 Å². The number of thioether (sulfide) groups is 1. The maximum absolute atomic E-state index is 13.5. The SMILES string of the molecule is C=CCSc1nc2sc3c(c2c(=O)n1CCc1ccccc1)CC(C)(C)OC3. The van der Waals surface area contributed by atoms with E-state index in [1.54, 1.807) is 23.1 Å². The molecule has 0 aliphatic carbocycles. The average Bonchev–Trinajstić information content (AvgIpc) is 3.03. The van der Waals surface area contributed by atoms with Crippen LogP contribution in [0.1, 0.15) is 29.9 Å². The van der Waals surface area contributed by atoms with E-state index in [2.05, 4.69) is 32.6 Å². The molecular formula is C22H24N2O2S2. The fourth-order valence-electron chi connectivity index (χ4n) is 3.53. The van der Waals surface area contributed by atoms with Crippen molar-refractivity contribution in [1.29, 1.82) is 0 Å². The first-order valence-electron chi connectivity index (χ1n) is 9.45. The Labute approximate surface area is 173 Å². The molecule has 1 aromatic carbocycles.